The van der Waals surface area contributed by atoms with Gasteiger partial charge in [-0.1, -0.05) is 12.1 Å². The Bertz CT molecular complexity index is 369. The molecular formula is C7H9NO4S2. The second-order valence-corrected chi connectivity index (χ2v) is 3.40. The van der Waals surface area contributed by atoms with E-state index in [0.717, 1.165) is 5.52 Å². The number of fused-ring (bicyclic) bond motifs is 1. The first-order valence-electron chi connectivity index (χ1n) is 3.28. The second-order valence-electron chi connectivity index (χ2n) is 2.05. The standard InChI is InChI=1S/C7H5NS.H2O3S.H2O/c1-2-4-7-6(3-1)8-5-9-7;1-4(2)3;/h1-5H;(H2,1,2,3);1H2. The number of nitrogens with zero attached hydrogens (tertiary/aromatic N) is 1. The van der Waals surface area contributed by atoms with Crippen LogP contribution in [0.3, 0.4) is 0 Å². The summed E-state index contributed by atoms with van der Waals surface area (Å²) in [7, 11) is 0. The minimum atomic E-state index is -2.61. The second kappa shape index (κ2) is 6.57. The van der Waals surface area contributed by atoms with Crippen LogP contribution in [0.5, 0.6) is 0 Å². The molecule has 1 aromatic heterocycles. The Morgan fingerprint density at radius 1 is 1.29 bits per heavy atom. The lowest BCUT2D eigenvalue weighted by Gasteiger charge is -1.80. The molecule has 1 aromatic carbocycles. The van der Waals surface area contributed by atoms with Crippen molar-refractivity contribution < 1.29 is 18.8 Å². The predicted octanol–water partition coefficient (Wildman–Crippen LogP) is 1.15. The topological polar surface area (TPSA) is 102 Å². The van der Waals surface area contributed by atoms with E-state index in [1.54, 1.807) is 11.3 Å². The van der Waals surface area contributed by atoms with Gasteiger partial charge in [0.05, 0.1) is 15.7 Å². The molecule has 2 aromatic rings. The molecule has 0 spiro atoms. The van der Waals surface area contributed by atoms with Gasteiger partial charge in [-0.05, 0) is 12.1 Å². The average molecular weight is 235 g/mol. The van der Waals surface area contributed by atoms with Crippen molar-refractivity contribution in [1.29, 1.82) is 0 Å². The van der Waals surface area contributed by atoms with Gasteiger partial charge in [0.15, 0.2) is 0 Å². The zero-order valence-corrected chi connectivity index (χ0v) is 8.59. The van der Waals surface area contributed by atoms with Crippen LogP contribution in [0, 0.1) is 0 Å². The van der Waals surface area contributed by atoms with Gasteiger partial charge in [0.1, 0.15) is 0 Å². The number of benzene rings is 1. The van der Waals surface area contributed by atoms with Crippen molar-refractivity contribution in [1.82, 2.24) is 4.98 Å². The SMILES string of the molecule is O.O=S(O)O.c1ccc2scnc2c1. The first kappa shape index (κ1) is 13.1. The lowest BCUT2D eigenvalue weighted by molar-refractivity contribution is 0.454. The van der Waals surface area contributed by atoms with Crippen LogP contribution in [0.25, 0.3) is 10.2 Å². The molecule has 0 atom stereocenters. The van der Waals surface area contributed by atoms with Crippen molar-refractivity contribution in [3.63, 3.8) is 0 Å². The highest BCUT2D eigenvalue weighted by atomic mass is 32.2. The maximum atomic E-state index is 8.67. The number of hydrogen-bond donors (Lipinski definition) is 2. The van der Waals surface area contributed by atoms with Gasteiger partial charge in [-0.3, -0.25) is 9.11 Å². The molecule has 0 aliphatic rings. The molecule has 1 heterocycles. The van der Waals surface area contributed by atoms with E-state index >= 15 is 0 Å². The Morgan fingerprint density at radius 3 is 2.43 bits per heavy atom. The monoisotopic (exact) mass is 235 g/mol. The summed E-state index contributed by atoms with van der Waals surface area (Å²) in [6, 6.07) is 8.13. The summed E-state index contributed by atoms with van der Waals surface area (Å²) in [5.74, 6) is 0. The van der Waals surface area contributed by atoms with Crippen molar-refractivity contribution in [2.24, 2.45) is 0 Å². The van der Waals surface area contributed by atoms with Crippen molar-refractivity contribution in [2.75, 3.05) is 0 Å². The number of thiazole rings is 1. The summed E-state index contributed by atoms with van der Waals surface area (Å²) in [6.45, 7) is 0. The van der Waals surface area contributed by atoms with E-state index in [2.05, 4.69) is 11.1 Å². The highest BCUT2D eigenvalue weighted by Gasteiger charge is 1.89. The minimum Gasteiger partial charge on any atom is -0.412 e. The molecule has 0 unspecified atom stereocenters. The maximum Gasteiger partial charge on any atom is 0.299 e. The molecule has 0 bridgehead atoms. The van der Waals surface area contributed by atoms with Crippen molar-refractivity contribution >= 4 is 32.9 Å². The van der Waals surface area contributed by atoms with E-state index in [9.17, 15) is 0 Å². The zero-order valence-electron chi connectivity index (χ0n) is 6.95. The van der Waals surface area contributed by atoms with Crippen LogP contribution in [-0.2, 0) is 11.4 Å². The van der Waals surface area contributed by atoms with Gasteiger partial charge in [-0.2, -0.15) is 4.21 Å². The Labute approximate surface area is 86.8 Å². The fourth-order valence-corrected chi connectivity index (χ4v) is 1.48. The molecule has 0 aliphatic carbocycles. The number of aromatic nitrogens is 1. The van der Waals surface area contributed by atoms with Gasteiger partial charge in [-0.25, -0.2) is 4.98 Å². The van der Waals surface area contributed by atoms with E-state index in [-0.39, 0.29) is 5.48 Å². The number of para-hydroxylation sites is 1. The van der Waals surface area contributed by atoms with Crippen molar-refractivity contribution in [3.8, 4) is 0 Å². The van der Waals surface area contributed by atoms with Gasteiger partial charge in [0, 0.05) is 0 Å². The Morgan fingerprint density at radius 2 is 1.86 bits per heavy atom. The van der Waals surface area contributed by atoms with Gasteiger partial charge in [0.25, 0.3) is 11.4 Å². The summed E-state index contributed by atoms with van der Waals surface area (Å²) in [6.07, 6.45) is 0. The third-order valence-corrected chi connectivity index (χ3v) is 2.05. The van der Waals surface area contributed by atoms with Crippen LogP contribution in [-0.4, -0.2) is 23.8 Å². The molecule has 5 nitrogen and oxygen atoms in total. The average Bonchev–Trinajstić information content (AvgIpc) is 2.49. The van der Waals surface area contributed by atoms with Crippen LogP contribution < -0.4 is 0 Å². The Kier molecular flexibility index (Phi) is 6.17. The third-order valence-electron chi connectivity index (χ3n) is 1.24. The largest absolute Gasteiger partial charge is 0.412 e. The van der Waals surface area contributed by atoms with E-state index in [1.165, 1.54) is 4.70 Å². The highest BCUT2D eigenvalue weighted by molar-refractivity contribution is 7.73. The summed E-state index contributed by atoms with van der Waals surface area (Å²) < 4.78 is 24.1. The number of hydrogen-bond acceptors (Lipinski definition) is 3. The molecule has 7 heteroatoms. The molecule has 14 heavy (non-hydrogen) atoms. The van der Waals surface area contributed by atoms with Crippen LogP contribution in [0.1, 0.15) is 0 Å². The highest BCUT2D eigenvalue weighted by Crippen LogP contribution is 2.15. The van der Waals surface area contributed by atoms with Crippen molar-refractivity contribution in [3.05, 3.63) is 29.8 Å². The summed E-state index contributed by atoms with van der Waals surface area (Å²) in [5, 5.41) is 0. The fraction of sp³-hybridized carbons (Fsp3) is 0. The summed E-state index contributed by atoms with van der Waals surface area (Å²) in [4.78, 5) is 4.14. The molecule has 78 valence electrons. The lowest BCUT2D eigenvalue weighted by atomic mass is 10.3. The molecule has 2 rings (SSSR count). The number of rotatable bonds is 0. The molecule has 0 radical (unpaired) electrons. The van der Waals surface area contributed by atoms with Gasteiger partial charge < -0.3 is 5.48 Å². The fourth-order valence-electron chi connectivity index (χ4n) is 0.803. The normalized spacial score (nSPS) is 9.07. The molecule has 0 fully saturated rings. The van der Waals surface area contributed by atoms with E-state index in [1.807, 2.05) is 23.7 Å². The predicted molar refractivity (Wildman–Crippen MR) is 56.6 cm³/mol. The Hall–Kier alpha value is -0.860. The third kappa shape index (κ3) is 4.40. The van der Waals surface area contributed by atoms with Crippen molar-refractivity contribution in [2.45, 2.75) is 0 Å². The first-order chi connectivity index (χ1) is 6.20. The quantitative estimate of drug-likeness (QED) is 0.668. The minimum absolute atomic E-state index is 0. The molecular weight excluding hydrogens is 226 g/mol. The smallest absolute Gasteiger partial charge is 0.299 e. The van der Waals surface area contributed by atoms with Crippen LogP contribution in [0.15, 0.2) is 29.8 Å². The van der Waals surface area contributed by atoms with Gasteiger partial charge in [-0.15, -0.1) is 11.3 Å². The molecule has 0 aliphatic heterocycles. The van der Waals surface area contributed by atoms with E-state index < -0.39 is 11.4 Å². The molecule has 0 saturated heterocycles. The van der Waals surface area contributed by atoms with E-state index in [0.29, 0.717) is 0 Å². The van der Waals surface area contributed by atoms with Crippen LogP contribution >= 0.6 is 11.3 Å². The molecule has 4 N–H and O–H groups in total. The maximum absolute atomic E-state index is 8.67. The van der Waals surface area contributed by atoms with E-state index in [4.69, 9.17) is 13.3 Å². The lowest BCUT2D eigenvalue weighted by Crippen LogP contribution is -1.74. The van der Waals surface area contributed by atoms with Crippen LogP contribution in [0.4, 0.5) is 0 Å². The summed E-state index contributed by atoms with van der Waals surface area (Å²) in [5.41, 5.74) is 2.97. The molecule has 0 amide bonds. The zero-order chi connectivity index (χ0) is 9.68. The Balaban J connectivity index is 0.000000299. The first-order valence-corrected chi connectivity index (χ1v) is 5.22. The molecule has 0 saturated carbocycles. The summed E-state index contributed by atoms with van der Waals surface area (Å²) >= 11 is -0.935. The van der Waals surface area contributed by atoms with Gasteiger partial charge >= 0.3 is 0 Å². The van der Waals surface area contributed by atoms with Crippen LogP contribution in [0.2, 0.25) is 0 Å². The van der Waals surface area contributed by atoms with Gasteiger partial charge in [0.2, 0.25) is 0 Å².